The van der Waals surface area contributed by atoms with Crippen LogP contribution in [-0.4, -0.2) is 17.6 Å². The van der Waals surface area contributed by atoms with Crippen LogP contribution < -0.4 is 15.4 Å². The van der Waals surface area contributed by atoms with E-state index in [4.69, 9.17) is 28.6 Å². The number of benzene rings is 2. The highest BCUT2D eigenvalue weighted by Gasteiger charge is 2.07. The maximum atomic E-state index is 12.0. The number of carbonyl (C=O) groups is 1. The van der Waals surface area contributed by atoms with Gasteiger partial charge in [0.2, 0.25) is 5.91 Å². The summed E-state index contributed by atoms with van der Waals surface area (Å²) in [7, 11) is 0. The van der Waals surface area contributed by atoms with Gasteiger partial charge in [-0.2, -0.15) is 0 Å². The number of rotatable bonds is 7. The topological polar surface area (TPSA) is 50.4 Å². The first-order valence-corrected chi connectivity index (χ1v) is 9.30. The van der Waals surface area contributed by atoms with Crippen LogP contribution in [0.1, 0.15) is 25.8 Å². The summed E-state index contributed by atoms with van der Waals surface area (Å²) < 4.78 is 5.63. The van der Waals surface area contributed by atoms with Gasteiger partial charge in [-0.3, -0.25) is 4.79 Å². The third kappa shape index (κ3) is 7.02. The fourth-order valence-corrected chi connectivity index (χ4v) is 2.66. The number of anilines is 1. The van der Waals surface area contributed by atoms with Crippen molar-refractivity contribution in [1.82, 2.24) is 5.32 Å². The molecule has 0 fully saturated rings. The lowest BCUT2D eigenvalue weighted by atomic mass is 10.1. The molecule has 2 N–H and O–H groups in total. The van der Waals surface area contributed by atoms with Gasteiger partial charge in [-0.25, -0.2) is 0 Å². The summed E-state index contributed by atoms with van der Waals surface area (Å²) >= 11 is 11.3. The van der Waals surface area contributed by atoms with Crippen LogP contribution in [0.3, 0.4) is 0 Å². The Morgan fingerprint density at radius 3 is 2.50 bits per heavy atom. The van der Waals surface area contributed by atoms with Gasteiger partial charge in [0.25, 0.3) is 0 Å². The van der Waals surface area contributed by atoms with E-state index in [1.54, 1.807) is 0 Å². The molecule has 0 spiro atoms. The van der Waals surface area contributed by atoms with Crippen LogP contribution in [0.2, 0.25) is 5.02 Å². The van der Waals surface area contributed by atoms with Gasteiger partial charge in [-0.05, 0) is 60.5 Å². The molecule has 0 aliphatic heterocycles. The van der Waals surface area contributed by atoms with Gasteiger partial charge in [0, 0.05) is 17.1 Å². The van der Waals surface area contributed by atoms with Crippen LogP contribution in [0.25, 0.3) is 0 Å². The molecule has 26 heavy (non-hydrogen) atoms. The standard InChI is InChI=1S/C20H23ClN2O2S/c1-14(2)13-25-17-10-8-16(9-11-17)22-20(26)23-19(24)12-7-15-5-3-4-6-18(15)21/h3-6,8-11,14H,7,12-13H2,1-2H3,(H2,22,23,24,26). The second-order valence-electron chi connectivity index (χ2n) is 6.32. The van der Waals surface area contributed by atoms with E-state index in [1.807, 2.05) is 48.5 Å². The van der Waals surface area contributed by atoms with Gasteiger partial charge < -0.3 is 15.4 Å². The monoisotopic (exact) mass is 390 g/mol. The molecule has 138 valence electrons. The highest BCUT2D eigenvalue weighted by Crippen LogP contribution is 2.17. The summed E-state index contributed by atoms with van der Waals surface area (Å²) in [5.74, 6) is 1.12. The number of hydrogen-bond donors (Lipinski definition) is 2. The summed E-state index contributed by atoms with van der Waals surface area (Å²) in [6, 6.07) is 14.9. The molecule has 0 atom stereocenters. The number of ether oxygens (including phenoxy) is 1. The van der Waals surface area contributed by atoms with Crippen molar-refractivity contribution in [1.29, 1.82) is 0 Å². The lowest BCUT2D eigenvalue weighted by Crippen LogP contribution is -2.34. The molecule has 6 heteroatoms. The zero-order chi connectivity index (χ0) is 18.9. The molecule has 2 rings (SSSR count). The quantitative estimate of drug-likeness (QED) is 0.665. The van der Waals surface area contributed by atoms with E-state index >= 15 is 0 Å². The normalized spacial score (nSPS) is 10.5. The predicted octanol–water partition coefficient (Wildman–Crippen LogP) is 4.82. The maximum Gasteiger partial charge on any atom is 0.226 e. The summed E-state index contributed by atoms with van der Waals surface area (Å²) in [6.45, 7) is 4.87. The van der Waals surface area contributed by atoms with E-state index in [0.29, 0.717) is 30.4 Å². The van der Waals surface area contributed by atoms with E-state index in [-0.39, 0.29) is 11.0 Å². The molecule has 0 bridgehead atoms. The Morgan fingerprint density at radius 1 is 1.15 bits per heavy atom. The highest BCUT2D eigenvalue weighted by atomic mass is 35.5. The molecule has 2 aromatic carbocycles. The van der Waals surface area contributed by atoms with E-state index in [0.717, 1.165) is 17.0 Å². The van der Waals surface area contributed by atoms with Crippen molar-refractivity contribution < 1.29 is 9.53 Å². The molecule has 2 aromatic rings. The molecule has 0 aliphatic rings. The Bertz CT molecular complexity index is 748. The lowest BCUT2D eigenvalue weighted by Gasteiger charge is -2.12. The highest BCUT2D eigenvalue weighted by molar-refractivity contribution is 7.80. The zero-order valence-electron chi connectivity index (χ0n) is 14.9. The molecule has 0 aromatic heterocycles. The first kappa shape index (κ1) is 20.2. The number of aryl methyl sites for hydroxylation is 1. The van der Waals surface area contributed by atoms with Crippen molar-refractivity contribution in [3.63, 3.8) is 0 Å². The van der Waals surface area contributed by atoms with Crippen molar-refractivity contribution in [3.05, 3.63) is 59.1 Å². The summed E-state index contributed by atoms with van der Waals surface area (Å²) in [6.07, 6.45) is 0.879. The van der Waals surface area contributed by atoms with Crippen LogP contribution in [-0.2, 0) is 11.2 Å². The number of nitrogens with one attached hydrogen (secondary N) is 2. The van der Waals surface area contributed by atoms with Crippen molar-refractivity contribution in [2.45, 2.75) is 26.7 Å². The first-order chi connectivity index (χ1) is 12.4. The minimum atomic E-state index is -0.153. The Balaban J connectivity index is 1.77. The summed E-state index contributed by atoms with van der Waals surface area (Å²) in [5, 5.41) is 6.61. The Kier molecular flexibility index (Phi) is 7.88. The van der Waals surface area contributed by atoms with Crippen molar-refractivity contribution in [3.8, 4) is 5.75 Å². The molecule has 0 saturated heterocycles. The van der Waals surface area contributed by atoms with E-state index < -0.39 is 0 Å². The van der Waals surface area contributed by atoms with Gasteiger partial charge in [0.15, 0.2) is 5.11 Å². The van der Waals surface area contributed by atoms with E-state index in [2.05, 4.69) is 24.5 Å². The Labute approximate surface area is 164 Å². The second-order valence-corrected chi connectivity index (χ2v) is 7.14. The van der Waals surface area contributed by atoms with Gasteiger partial charge >= 0.3 is 0 Å². The molecule has 1 amide bonds. The molecule has 0 saturated carbocycles. The third-order valence-corrected chi connectivity index (χ3v) is 4.10. The maximum absolute atomic E-state index is 12.0. The molecular weight excluding hydrogens is 368 g/mol. The first-order valence-electron chi connectivity index (χ1n) is 8.51. The van der Waals surface area contributed by atoms with Gasteiger partial charge in [-0.1, -0.05) is 43.6 Å². The Morgan fingerprint density at radius 2 is 1.85 bits per heavy atom. The fraction of sp³-hybridized carbons (Fsp3) is 0.300. The lowest BCUT2D eigenvalue weighted by molar-refractivity contribution is -0.119. The van der Waals surface area contributed by atoms with Crippen LogP contribution in [0, 0.1) is 5.92 Å². The van der Waals surface area contributed by atoms with Crippen molar-refractivity contribution in [2.75, 3.05) is 11.9 Å². The number of carbonyl (C=O) groups excluding carboxylic acids is 1. The van der Waals surface area contributed by atoms with Crippen molar-refractivity contribution >= 4 is 40.5 Å². The number of amides is 1. The third-order valence-electron chi connectivity index (χ3n) is 3.53. The average molecular weight is 391 g/mol. The molecule has 0 radical (unpaired) electrons. The minimum absolute atomic E-state index is 0.153. The molecule has 0 unspecified atom stereocenters. The van der Waals surface area contributed by atoms with Gasteiger partial charge in [0.1, 0.15) is 5.75 Å². The minimum Gasteiger partial charge on any atom is -0.493 e. The molecule has 0 heterocycles. The van der Waals surface area contributed by atoms with Crippen molar-refractivity contribution in [2.24, 2.45) is 5.92 Å². The van der Waals surface area contributed by atoms with Crippen LogP contribution >= 0.6 is 23.8 Å². The smallest absolute Gasteiger partial charge is 0.226 e. The Hall–Kier alpha value is -2.11. The zero-order valence-corrected chi connectivity index (χ0v) is 16.5. The molecular formula is C20H23ClN2O2S. The molecule has 0 aliphatic carbocycles. The van der Waals surface area contributed by atoms with Crippen LogP contribution in [0.15, 0.2) is 48.5 Å². The number of thiocarbonyl (C=S) groups is 1. The second kappa shape index (κ2) is 10.1. The fourth-order valence-electron chi connectivity index (χ4n) is 2.20. The van der Waals surface area contributed by atoms with E-state index in [9.17, 15) is 4.79 Å². The largest absolute Gasteiger partial charge is 0.493 e. The predicted molar refractivity (Wildman–Crippen MR) is 111 cm³/mol. The van der Waals surface area contributed by atoms with Crippen LogP contribution in [0.5, 0.6) is 5.75 Å². The van der Waals surface area contributed by atoms with Gasteiger partial charge in [-0.15, -0.1) is 0 Å². The summed E-state index contributed by atoms with van der Waals surface area (Å²) in [4.78, 5) is 12.0. The average Bonchev–Trinajstić information content (AvgIpc) is 2.60. The van der Waals surface area contributed by atoms with Gasteiger partial charge in [0.05, 0.1) is 6.61 Å². The summed E-state index contributed by atoms with van der Waals surface area (Å²) in [5.41, 5.74) is 1.73. The molecule has 4 nitrogen and oxygen atoms in total. The SMILES string of the molecule is CC(C)COc1ccc(NC(=S)NC(=O)CCc2ccccc2Cl)cc1. The number of halogens is 1. The van der Waals surface area contributed by atoms with E-state index in [1.165, 1.54) is 0 Å². The van der Waals surface area contributed by atoms with Crippen LogP contribution in [0.4, 0.5) is 5.69 Å². The number of hydrogen-bond acceptors (Lipinski definition) is 3.